The quantitative estimate of drug-likeness (QED) is 0.906. The number of ether oxygens (including phenoxy) is 2. The largest absolute Gasteiger partial charge is 0.486 e. The fraction of sp³-hybridized carbons (Fsp3) is 0.600. The smallest absolute Gasteiger partial charge is 0.175 e. The SMILES string of the molecule is Cc1cc2c(c(Br)c1CC1CCCNC1)OCCO2. The first-order valence-electron chi connectivity index (χ1n) is 7.04. The van der Waals surface area contributed by atoms with E-state index in [0.717, 1.165) is 41.4 Å². The van der Waals surface area contributed by atoms with Crippen LogP contribution in [-0.4, -0.2) is 26.3 Å². The number of hydrogen-bond acceptors (Lipinski definition) is 3. The lowest BCUT2D eigenvalue weighted by molar-refractivity contribution is 0.170. The monoisotopic (exact) mass is 325 g/mol. The summed E-state index contributed by atoms with van der Waals surface area (Å²) >= 11 is 3.72. The van der Waals surface area contributed by atoms with E-state index in [4.69, 9.17) is 9.47 Å². The van der Waals surface area contributed by atoms with Crippen LogP contribution in [0.2, 0.25) is 0 Å². The van der Waals surface area contributed by atoms with Crippen molar-refractivity contribution in [2.24, 2.45) is 5.92 Å². The van der Waals surface area contributed by atoms with Crippen LogP contribution in [0.15, 0.2) is 10.5 Å². The van der Waals surface area contributed by atoms with E-state index in [1.54, 1.807) is 0 Å². The Bertz CT molecular complexity index is 470. The molecule has 0 spiro atoms. The Morgan fingerprint density at radius 1 is 1.37 bits per heavy atom. The van der Waals surface area contributed by atoms with Crippen LogP contribution in [0.4, 0.5) is 0 Å². The third-order valence-corrected chi connectivity index (χ3v) is 4.83. The van der Waals surface area contributed by atoms with E-state index in [0.29, 0.717) is 13.2 Å². The molecule has 1 saturated heterocycles. The van der Waals surface area contributed by atoms with E-state index in [1.165, 1.54) is 24.0 Å². The Hall–Kier alpha value is -0.740. The van der Waals surface area contributed by atoms with Crippen LogP contribution in [0.25, 0.3) is 0 Å². The lowest BCUT2D eigenvalue weighted by Crippen LogP contribution is -2.31. The number of halogens is 1. The zero-order valence-corrected chi connectivity index (χ0v) is 12.9. The van der Waals surface area contributed by atoms with Gasteiger partial charge in [0.1, 0.15) is 13.2 Å². The van der Waals surface area contributed by atoms with Gasteiger partial charge in [-0.25, -0.2) is 0 Å². The summed E-state index contributed by atoms with van der Waals surface area (Å²) in [5.74, 6) is 2.49. The van der Waals surface area contributed by atoms with Crippen molar-refractivity contribution in [2.75, 3.05) is 26.3 Å². The highest BCUT2D eigenvalue weighted by atomic mass is 79.9. The van der Waals surface area contributed by atoms with Crippen molar-refractivity contribution in [3.63, 3.8) is 0 Å². The summed E-state index contributed by atoms with van der Waals surface area (Å²) in [6.07, 6.45) is 3.70. The molecule has 104 valence electrons. The summed E-state index contributed by atoms with van der Waals surface area (Å²) in [5, 5.41) is 3.49. The molecule has 0 aromatic heterocycles. The van der Waals surface area contributed by atoms with Gasteiger partial charge in [-0.2, -0.15) is 0 Å². The molecule has 0 saturated carbocycles. The molecular weight excluding hydrogens is 306 g/mol. The Kier molecular flexibility index (Phi) is 3.99. The fourth-order valence-electron chi connectivity index (χ4n) is 2.94. The van der Waals surface area contributed by atoms with Crippen molar-refractivity contribution in [3.05, 3.63) is 21.7 Å². The molecule has 1 N–H and O–H groups in total. The van der Waals surface area contributed by atoms with Gasteiger partial charge in [0.15, 0.2) is 11.5 Å². The first-order chi connectivity index (χ1) is 9.25. The van der Waals surface area contributed by atoms with Crippen molar-refractivity contribution >= 4 is 15.9 Å². The minimum absolute atomic E-state index is 0.638. The van der Waals surface area contributed by atoms with Gasteiger partial charge in [-0.05, 0) is 78.3 Å². The predicted octanol–water partition coefficient (Wildman–Crippen LogP) is 3.07. The van der Waals surface area contributed by atoms with Crippen LogP contribution in [-0.2, 0) is 6.42 Å². The topological polar surface area (TPSA) is 30.5 Å². The lowest BCUT2D eigenvalue weighted by Gasteiger charge is -2.26. The van der Waals surface area contributed by atoms with Gasteiger partial charge in [0.05, 0.1) is 4.47 Å². The molecule has 1 unspecified atom stereocenters. The maximum atomic E-state index is 5.75. The maximum Gasteiger partial charge on any atom is 0.175 e. The summed E-state index contributed by atoms with van der Waals surface area (Å²) in [6.45, 7) is 5.73. The average Bonchev–Trinajstić information content (AvgIpc) is 2.45. The zero-order chi connectivity index (χ0) is 13.2. The number of rotatable bonds is 2. The number of nitrogens with one attached hydrogen (secondary N) is 1. The second-order valence-electron chi connectivity index (χ2n) is 5.43. The molecule has 1 fully saturated rings. The van der Waals surface area contributed by atoms with E-state index in [9.17, 15) is 0 Å². The molecule has 2 heterocycles. The Labute approximate surface area is 122 Å². The number of aryl methyl sites for hydroxylation is 1. The number of piperidine rings is 1. The third-order valence-electron chi connectivity index (χ3n) is 3.99. The second kappa shape index (κ2) is 5.71. The van der Waals surface area contributed by atoms with Gasteiger partial charge >= 0.3 is 0 Å². The highest BCUT2D eigenvalue weighted by molar-refractivity contribution is 9.10. The van der Waals surface area contributed by atoms with Gasteiger partial charge in [0.25, 0.3) is 0 Å². The molecule has 0 amide bonds. The Balaban J connectivity index is 1.87. The first kappa shape index (κ1) is 13.3. The molecule has 0 aliphatic carbocycles. The molecule has 1 atom stereocenters. The summed E-state index contributed by atoms with van der Waals surface area (Å²) in [6, 6.07) is 2.12. The number of hydrogen-bond donors (Lipinski definition) is 1. The number of benzene rings is 1. The van der Waals surface area contributed by atoms with Gasteiger partial charge < -0.3 is 14.8 Å². The highest BCUT2D eigenvalue weighted by Crippen LogP contribution is 2.42. The molecule has 3 nitrogen and oxygen atoms in total. The predicted molar refractivity (Wildman–Crippen MR) is 79.2 cm³/mol. The molecule has 2 aliphatic heterocycles. The zero-order valence-electron chi connectivity index (χ0n) is 11.3. The number of fused-ring (bicyclic) bond motifs is 1. The molecule has 1 aromatic rings. The van der Waals surface area contributed by atoms with Crippen molar-refractivity contribution in [3.8, 4) is 11.5 Å². The summed E-state index contributed by atoms with van der Waals surface area (Å²) in [4.78, 5) is 0. The van der Waals surface area contributed by atoms with Gasteiger partial charge in [-0.3, -0.25) is 0 Å². The van der Waals surface area contributed by atoms with Crippen LogP contribution >= 0.6 is 15.9 Å². The van der Waals surface area contributed by atoms with Crippen molar-refractivity contribution in [1.29, 1.82) is 0 Å². The van der Waals surface area contributed by atoms with Gasteiger partial charge in [0, 0.05) is 0 Å². The molecule has 19 heavy (non-hydrogen) atoms. The summed E-state index contributed by atoms with van der Waals surface area (Å²) in [5.41, 5.74) is 2.67. The molecule has 0 radical (unpaired) electrons. The van der Waals surface area contributed by atoms with Crippen LogP contribution in [0.5, 0.6) is 11.5 Å². The van der Waals surface area contributed by atoms with Crippen molar-refractivity contribution in [1.82, 2.24) is 5.32 Å². The minimum Gasteiger partial charge on any atom is -0.486 e. The van der Waals surface area contributed by atoms with Crippen molar-refractivity contribution in [2.45, 2.75) is 26.2 Å². The lowest BCUT2D eigenvalue weighted by atomic mass is 9.90. The van der Waals surface area contributed by atoms with E-state index >= 15 is 0 Å². The normalized spacial score (nSPS) is 22.3. The van der Waals surface area contributed by atoms with Gasteiger partial charge in [0.2, 0.25) is 0 Å². The summed E-state index contributed by atoms with van der Waals surface area (Å²) < 4.78 is 12.5. The third kappa shape index (κ3) is 2.75. The van der Waals surface area contributed by atoms with Crippen LogP contribution in [0.1, 0.15) is 24.0 Å². The van der Waals surface area contributed by atoms with Gasteiger partial charge in [-0.1, -0.05) is 0 Å². The van der Waals surface area contributed by atoms with E-state index in [-0.39, 0.29) is 0 Å². The van der Waals surface area contributed by atoms with Crippen LogP contribution < -0.4 is 14.8 Å². The first-order valence-corrected chi connectivity index (χ1v) is 7.83. The molecule has 4 heteroatoms. The van der Waals surface area contributed by atoms with Crippen molar-refractivity contribution < 1.29 is 9.47 Å². The van der Waals surface area contributed by atoms with E-state index in [2.05, 4.69) is 34.2 Å². The summed E-state index contributed by atoms with van der Waals surface area (Å²) in [7, 11) is 0. The molecule has 1 aromatic carbocycles. The van der Waals surface area contributed by atoms with Crippen LogP contribution in [0.3, 0.4) is 0 Å². The fourth-order valence-corrected chi connectivity index (χ4v) is 3.73. The van der Waals surface area contributed by atoms with E-state index in [1.807, 2.05) is 0 Å². The highest BCUT2D eigenvalue weighted by Gasteiger charge is 2.22. The molecule has 2 aliphatic rings. The Morgan fingerprint density at radius 3 is 3.00 bits per heavy atom. The standard InChI is InChI=1S/C15H20BrNO2/c1-10-7-13-15(19-6-5-18-13)14(16)12(10)8-11-3-2-4-17-9-11/h7,11,17H,2-6,8-9H2,1H3. The second-order valence-corrected chi connectivity index (χ2v) is 6.22. The van der Waals surface area contributed by atoms with Gasteiger partial charge in [-0.15, -0.1) is 0 Å². The molecule has 3 rings (SSSR count). The van der Waals surface area contributed by atoms with E-state index < -0.39 is 0 Å². The maximum absolute atomic E-state index is 5.75. The van der Waals surface area contributed by atoms with Crippen LogP contribution in [0, 0.1) is 12.8 Å². The average molecular weight is 326 g/mol. The molecule has 0 bridgehead atoms. The Morgan fingerprint density at radius 2 is 2.21 bits per heavy atom. The molecular formula is C15H20BrNO2. The minimum atomic E-state index is 0.638.